The highest BCUT2D eigenvalue weighted by atomic mass is 16.4. The average Bonchev–Trinajstić information content (AvgIpc) is 1.84. The number of aliphatic carboxylic acids is 1. The van der Waals surface area contributed by atoms with Crippen LogP contribution in [0.4, 0.5) is 0 Å². The molecule has 0 aliphatic carbocycles. The molecule has 3 heteroatoms. The van der Waals surface area contributed by atoms with E-state index in [0.717, 1.165) is 6.54 Å². The van der Waals surface area contributed by atoms with E-state index in [1.54, 1.807) is 6.08 Å². The van der Waals surface area contributed by atoms with E-state index in [9.17, 15) is 4.79 Å². The van der Waals surface area contributed by atoms with E-state index in [1.165, 1.54) is 6.08 Å². The Bertz CT molecular complexity index is 164. The molecule has 0 unspecified atom stereocenters. The molecule has 0 aliphatic rings. The first-order valence-corrected chi connectivity index (χ1v) is 4.10. The summed E-state index contributed by atoms with van der Waals surface area (Å²) in [7, 11) is 1.98. The van der Waals surface area contributed by atoms with E-state index in [1.807, 2.05) is 7.05 Å². The predicted octanol–water partition coefficient (Wildman–Crippen LogP) is 1.22. The summed E-state index contributed by atoms with van der Waals surface area (Å²) in [6.45, 7) is 5.96. The summed E-state index contributed by atoms with van der Waals surface area (Å²) >= 11 is 0. The minimum Gasteiger partial charge on any atom is -0.478 e. The van der Waals surface area contributed by atoms with Crippen molar-refractivity contribution < 1.29 is 9.90 Å². The van der Waals surface area contributed by atoms with Crippen LogP contribution in [0, 0.1) is 5.92 Å². The van der Waals surface area contributed by atoms with Crippen molar-refractivity contribution in [2.24, 2.45) is 5.92 Å². The van der Waals surface area contributed by atoms with Crippen LogP contribution in [-0.2, 0) is 4.79 Å². The van der Waals surface area contributed by atoms with Gasteiger partial charge in [-0.1, -0.05) is 19.9 Å². The molecule has 0 bridgehead atoms. The first-order valence-electron chi connectivity index (χ1n) is 4.10. The van der Waals surface area contributed by atoms with Crippen LogP contribution in [0.5, 0.6) is 0 Å². The fourth-order valence-corrected chi connectivity index (χ4v) is 1.03. The van der Waals surface area contributed by atoms with Gasteiger partial charge in [0.1, 0.15) is 0 Å². The molecule has 1 N–H and O–H groups in total. The average molecular weight is 171 g/mol. The Labute approximate surface area is 73.7 Å². The quantitative estimate of drug-likeness (QED) is 0.632. The van der Waals surface area contributed by atoms with Crippen molar-refractivity contribution in [3.05, 3.63) is 12.2 Å². The molecular formula is C9H17NO2. The summed E-state index contributed by atoms with van der Waals surface area (Å²) in [6, 6.07) is 0. The summed E-state index contributed by atoms with van der Waals surface area (Å²) in [5, 5.41) is 8.30. The number of nitrogens with zero attached hydrogens (tertiary/aromatic N) is 1. The van der Waals surface area contributed by atoms with Gasteiger partial charge in [-0.2, -0.15) is 0 Å². The standard InChI is InChI=1S/C9H17NO2/c1-8(2)7-10(3)6-4-5-9(11)12/h4-5,8H,6-7H2,1-3H3,(H,11,12). The van der Waals surface area contributed by atoms with Crippen molar-refractivity contribution in [2.45, 2.75) is 13.8 Å². The lowest BCUT2D eigenvalue weighted by Crippen LogP contribution is -2.23. The van der Waals surface area contributed by atoms with Crippen molar-refractivity contribution in [1.29, 1.82) is 0 Å². The zero-order valence-electron chi connectivity index (χ0n) is 7.95. The number of hydrogen-bond acceptors (Lipinski definition) is 2. The van der Waals surface area contributed by atoms with Crippen LogP contribution in [0.3, 0.4) is 0 Å². The molecule has 0 saturated heterocycles. The molecule has 0 aliphatic heterocycles. The second-order valence-corrected chi connectivity index (χ2v) is 3.36. The van der Waals surface area contributed by atoms with E-state index in [4.69, 9.17) is 5.11 Å². The summed E-state index contributed by atoms with van der Waals surface area (Å²) in [5.74, 6) is -0.263. The van der Waals surface area contributed by atoms with Crippen LogP contribution in [0.15, 0.2) is 12.2 Å². The van der Waals surface area contributed by atoms with E-state index in [0.29, 0.717) is 12.5 Å². The second kappa shape index (κ2) is 5.77. The van der Waals surface area contributed by atoms with Gasteiger partial charge in [0, 0.05) is 19.2 Å². The third kappa shape index (κ3) is 7.28. The third-order valence-electron chi connectivity index (χ3n) is 1.35. The maximum Gasteiger partial charge on any atom is 0.328 e. The molecule has 0 atom stereocenters. The number of likely N-dealkylation sites (N-methyl/N-ethyl adjacent to an activating group) is 1. The minimum absolute atomic E-state index is 0.619. The molecule has 12 heavy (non-hydrogen) atoms. The summed E-state index contributed by atoms with van der Waals surface area (Å²) in [6.07, 6.45) is 2.83. The summed E-state index contributed by atoms with van der Waals surface area (Å²) < 4.78 is 0. The third-order valence-corrected chi connectivity index (χ3v) is 1.35. The van der Waals surface area contributed by atoms with Gasteiger partial charge in [0.2, 0.25) is 0 Å². The van der Waals surface area contributed by atoms with Gasteiger partial charge in [-0.05, 0) is 13.0 Å². The number of carboxylic acids is 1. The van der Waals surface area contributed by atoms with Gasteiger partial charge < -0.3 is 10.0 Å². The van der Waals surface area contributed by atoms with E-state index < -0.39 is 5.97 Å². The molecule has 0 aromatic heterocycles. The molecule has 0 rings (SSSR count). The zero-order chi connectivity index (χ0) is 9.56. The van der Waals surface area contributed by atoms with E-state index in [2.05, 4.69) is 18.7 Å². The Morgan fingerprint density at radius 1 is 1.58 bits per heavy atom. The Hall–Kier alpha value is -0.830. The summed E-state index contributed by atoms with van der Waals surface area (Å²) in [5.41, 5.74) is 0. The van der Waals surface area contributed by atoms with Gasteiger partial charge in [0.15, 0.2) is 0 Å². The van der Waals surface area contributed by atoms with Crippen LogP contribution < -0.4 is 0 Å². The molecular weight excluding hydrogens is 154 g/mol. The largest absolute Gasteiger partial charge is 0.478 e. The molecule has 0 heterocycles. The van der Waals surface area contributed by atoms with Crippen LogP contribution in [-0.4, -0.2) is 36.1 Å². The maximum atomic E-state index is 10.1. The number of carbonyl (C=O) groups is 1. The number of carboxylic acid groups (broad SMARTS) is 1. The molecule has 0 fully saturated rings. The van der Waals surface area contributed by atoms with Crippen molar-refractivity contribution in [3.63, 3.8) is 0 Å². The number of hydrogen-bond donors (Lipinski definition) is 1. The van der Waals surface area contributed by atoms with Crippen molar-refractivity contribution >= 4 is 5.97 Å². The summed E-state index contributed by atoms with van der Waals surface area (Å²) in [4.78, 5) is 12.2. The van der Waals surface area contributed by atoms with E-state index in [-0.39, 0.29) is 0 Å². The zero-order valence-corrected chi connectivity index (χ0v) is 7.95. The highest BCUT2D eigenvalue weighted by Gasteiger charge is 1.98. The fourth-order valence-electron chi connectivity index (χ4n) is 1.03. The lowest BCUT2D eigenvalue weighted by atomic mass is 10.2. The fraction of sp³-hybridized carbons (Fsp3) is 0.667. The van der Waals surface area contributed by atoms with Crippen LogP contribution >= 0.6 is 0 Å². The number of rotatable bonds is 5. The van der Waals surface area contributed by atoms with Gasteiger partial charge in [-0.3, -0.25) is 0 Å². The van der Waals surface area contributed by atoms with Gasteiger partial charge >= 0.3 is 5.97 Å². The minimum atomic E-state index is -0.882. The Kier molecular flexibility index (Phi) is 5.37. The normalized spacial score (nSPS) is 11.8. The van der Waals surface area contributed by atoms with Gasteiger partial charge in [0.25, 0.3) is 0 Å². The van der Waals surface area contributed by atoms with Crippen LogP contribution in [0.2, 0.25) is 0 Å². The maximum absolute atomic E-state index is 10.1. The molecule has 0 saturated carbocycles. The van der Waals surface area contributed by atoms with Gasteiger partial charge in [-0.15, -0.1) is 0 Å². The molecule has 0 radical (unpaired) electrons. The molecule has 0 aromatic rings. The van der Waals surface area contributed by atoms with Gasteiger partial charge in [0.05, 0.1) is 0 Å². The predicted molar refractivity (Wildman–Crippen MR) is 49.1 cm³/mol. The second-order valence-electron chi connectivity index (χ2n) is 3.36. The highest BCUT2D eigenvalue weighted by Crippen LogP contribution is 1.94. The topological polar surface area (TPSA) is 40.5 Å². The smallest absolute Gasteiger partial charge is 0.328 e. The van der Waals surface area contributed by atoms with Crippen molar-refractivity contribution in [3.8, 4) is 0 Å². The Morgan fingerprint density at radius 3 is 2.58 bits per heavy atom. The first-order chi connectivity index (χ1) is 5.52. The lowest BCUT2D eigenvalue weighted by Gasteiger charge is -2.16. The highest BCUT2D eigenvalue weighted by molar-refractivity contribution is 5.79. The Balaban J connectivity index is 3.56. The van der Waals surface area contributed by atoms with Crippen molar-refractivity contribution in [2.75, 3.05) is 20.1 Å². The van der Waals surface area contributed by atoms with Gasteiger partial charge in [-0.25, -0.2) is 4.79 Å². The van der Waals surface area contributed by atoms with Crippen LogP contribution in [0.25, 0.3) is 0 Å². The monoisotopic (exact) mass is 171 g/mol. The van der Waals surface area contributed by atoms with Crippen molar-refractivity contribution in [1.82, 2.24) is 4.90 Å². The molecule has 70 valence electrons. The molecule has 0 amide bonds. The Morgan fingerprint density at radius 2 is 2.17 bits per heavy atom. The molecule has 3 nitrogen and oxygen atoms in total. The lowest BCUT2D eigenvalue weighted by molar-refractivity contribution is -0.131. The molecule has 0 aromatic carbocycles. The SMILES string of the molecule is CC(C)CN(C)CC=CC(=O)O. The van der Waals surface area contributed by atoms with E-state index >= 15 is 0 Å². The molecule has 0 spiro atoms. The van der Waals surface area contributed by atoms with Crippen LogP contribution in [0.1, 0.15) is 13.8 Å². The first kappa shape index (κ1) is 11.2.